The molecule has 18 heavy (non-hydrogen) atoms. The largest absolute Gasteiger partial charge is 0.537 e. The SMILES string of the molecule is CCO[Si](OCC)(OCC)c1ccc(C)c(Cl)c1. The molecule has 0 radical (unpaired) electrons. The van der Waals surface area contributed by atoms with Gasteiger partial charge >= 0.3 is 8.80 Å². The molecule has 1 rings (SSSR count). The van der Waals surface area contributed by atoms with E-state index in [0.29, 0.717) is 24.8 Å². The summed E-state index contributed by atoms with van der Waals surface area (Å²) in [5, 5.41) is 1.63. The van der Waals surface area contributed by atoms with Gasteiger partial charge in [-0.3, -0.25) is 0 Å². The summed E-state index contributed by atoms with van der Waals surface area (Å²) >= 11 is 6.18. The summed E-state index contributed by atoms with van der Waals surface area (Å²) in [6, 6.07) is 5.84. The van der Waals surface area contributed by atoms with Gasteiger partial charge in [-0.25, -0.2) is 0 Å². The maximum absolute atomic E-state index is 6.18. The van der Waals surface area contributed by atoms with Gasteiger partial charge in [0.25, 0.3) is 0 Å². The first kappa shape index (κ1) is 15.7. The summed E-state index contributed by atoms with van der Waals surface area (Å²) in [6.07, 6.45) is 0. The van der Waals surface area contributed by atoms with E-state index in [1.807, 2.05) is 45.9 Å². The Balaban J connectivity index is 3.16. The van der Waals surface area contributed by atoms with Gasteiger partial charge < -0.3 is 13.3 Å². The first-order chi connectivity index (χ1) is 8.59. The second kappa shape index (κ2) is 7.26. The predicted molar refractivity (Wildman–Crippen MR) is 76.5 cm³/mol. The Bertz CT molecular complexity index is 367. The van der Waals surface area contributed by atoms with Gasteiger partial charge in [-0.2, -0.15) is 0 Å². The summed E-state index contributed by atoms with van der Waals surface area (Å²) in [4.78, 5) is 0. The van der Waals surface area contributed by atoms with E-state index in [-0.39, 0.29) is 0 Å². The van der Waals surface area contributed by atoms with Crippen LogP contribution in [0, 0.1) is 6.92 Å². The van der Waals surface area contributed by atoms with Crippen LogP contribution in [0.4, 0.5) is 0 Å². The van der Waals surface area contributed by atoms with Crippen molar-refractivity contribution in [3.05, 3.63) is 28.8 Å². The third-order valence-corrected chi connectivity index (χ3v) is 5.96. The van der Waals surface area contributed by atoms with Crippen molar-refractivity contribution >= 4 is 25.6 Å². The lowest BCUT2D eigenvalue weighted by atomic mass is 10.2. The molecule has 0 unspecified atom stereocenters. The van der Waals surface area contributed by atoms with Crippen LogP contribution in [-0.2, 0) is 13.3 Å². The fourth-order valence-electron chi connectivity index (χ4n) is 1.73. The second-order valence-electron chi connectivity index (χ2n) is 3.82. The van der Waals surface area contributed by atoms with Gasteiger partial charge in [-0.15, -0.1) is 0 Å². The molecular formula is C13H21ClO3Si. The number of aryl methyl sites for hydroxylation is 1. The van der Waals surface area contributed by atoms with E-state index in [9.17, 15) is 0 Å². The van der Waals surface area contributed by atoms with Crippen LogP contribution < -0.4 is 5.19 Å². The molecular weight excluding hydrogens is 268 g/mol. The second-order valence-corrected chi connectivity index (χ2v) is 6.78. The molecule has 0 bridgehead atoms. The van der Waals surface area contributed by atoms with Gasteiger partial charge in [-0.05, 0) is 39.3 Å². The molecule has 5 heteroatoms. The lowest BCUT2D eigenvalue weighted by Gasteiger charge is -2.28. The highest BCUT2D eigenvalue weighted by Gasteiger charge is 2.43. The monoisotopic (exact) mass is 288 g/mol. The molecule has 0 amide bonds. The number of benzene rings is 1. The quantitative estimate of drug-likeness (QED) is 0.722. The first-order valence-electron chi connectivity index (χ1n) is 6.28. The van der Waals surface area contributed by atoms with Crippen molar-refractivity contribution in [3.8, 4) is 0 Å². The average Bonchev–Trinajstić information content (AvgIpc) is 2.33. The number of hydrogen-bond donors (Lipinski definition) is 0. The Morgan fingerprint density at radius 3 is 1.89 bits per heavy atom. The molecule has 1 aromatic carbocycles. The van der Waals surface area contributed by atoms with Crippen molar-refractivity contribution in [2.45, 2.75) is 27.7 Å². The fraction of sp³-hybridized carbons (Fsp3) is 0.538. The molecule has 0 aliphatic rings. The summed E-state index contributed by atoms with van der Waals surface area (Å²) in [7, 11) is -2.81. The van der Waals surface area contributed by atoms with E-state index < -0.39 is 8.80 Å². The molecule has 0 heterocycles. The zero-order valence-corrected chi connectivity index (χ0v) is 13.2. The average molecular weight is 289 g/mol. The molecule has 102 valence electrons. The molecule has 0 spiro atoms. The molecule has 0 saturated heterocycles. The molecule has 0 aromatic heterocycles. The lowest BCUT2D eigenvalue weighted by molar-refractivity contribution is 0.0859. The fourth-order valence-corrected chi connectivity index (χ4v) is 4.50. The van der Waals surface area contributed by atoms with Gasteiger partial charge in [0.2, 0.25) is 0 Å². The van der Waals surface area contributed by atoms with Crippen LogP contribution in [0.15, 0.2) is 18.2 Å². The van der Waals surface area contributed by atoms with Crippen molar-refractivity contribution in [1.82, 2.24) is 0 Å². The van der Waals surface area contributed by atoms with Crippen molar-refractivity contribution in [1.29, 1.82) is 0 Å². The smallest absolute Gasteiger partial charge is 0.370 e. The highest BCUT2D eigenvalue weighted by atomic mass is 35.5. The minimum absolute atomic E-state index is 0.553. The van der Waals surface area contributed by atoms with Crippen LogP contribution in [0.3, 0.4) is 0 Å². The van der Waals surface area contributed by atoms with Crippen molar-refractivity contribution < 1.29 is 13.3 Å². The minimum Gasteiger partial charge on any atom is -0.370 e. The summed E-state index contributed by atoms with van der Waals surface area (Å²) in [5.41, 5.74) is 1.04. The molecule has 0 aliphatic carbocycles. The van der Waals surface area contributed by atoms with E-state index in [0.717, 1.165) is 10.8 Å². The molecule has 0 atom stereocenters. The number of rotatable bonds is 7. The highest BCUT2D eigenvalue weighted by molar-refractivity contribution is 6.75. The van der Waals surface area contributed by atoms with E-state index in [4.69, 9.17) is 24.9 Å². The Morgan fingerprint density at radius 1 is 1.00 bits per heavy atom. The van der Waals surface area contributed by atoms with Crippen LogP contribution in [0.2, 0.25) is 5.02 Å². The van der Waals surface area contributed by atoms with Crippen LogP contribution in [0.1, 0.15) is 26.3 Å². The third-order valence-electron chi connectivity index (χ3n) is 2.53. The third kappa shape index (κ3) is 3.55. The Labute approximate surface area is 115 Å². The molecule has 0 saturated carbocycles. The van der Waals surface area contributed by atoms with Gasteiger partial charge in [-0.1, -0.05) is 23.7 Å². The Morgan fingerprint density at radius 2 is 1.50 bits per heavy atom. The first-order valence-corrected chi connectivity index (χ1v) is 8.38. The normalized spacial score (nSPS) is 11.8. The highest BCUT2D eigenvalue weighted by Crippen LogP contribution is 2.17. The maximum atomic E-state index is 6.18. The zero-order chi connectivity index (χ0) is 13.6. The van der Waals surface area contributed by atoms with Crippen molar-refractivity contribution in [2.75, 3.05) is 19.8 Å². The van der Waals surface area contributed by atoms with Crippen LogP contribution in [0.5, 0.6) is 0 Å². The Kier molecular flexibility index (Phi) is 6.32. The Hall–Kier alpha value is -0.393. The van der Waals surface area contributed by atoms with E-state index in [2.05, 4.69) is 0 Å². The van der Waals surface area contributed by atoms with E-state index in [1.165, 1.54) is 0 Å². The predicted octanol–water partition coefficient (Wildman–Crippen LogP) is 2.90. The molecule has 1 aromatic rings. The minimum atomic E-state index is -2.81. The van der Waals surface area contributed by atoms with Gasteiger partial charge in [0.15, 0.2) is 0 Å². The molecule has 0 N–H and O–H groups in total. The van der Waals surface area contributed by atoms with Gasteiger partial charge in [0.1, 0.15) is 0 Å². The topological polar surface area (TPSA) is 27.7 Å². The van der Waals surface area contributed by atoms with E-state index in [1.54, 1.807) is 0 Å². The molecule has 0 fully saturated rings. The van der Waals surface area contributed by atoms with Crippen LogP contribution in [0.25, 0.3) is 0 Å². The standard InChI is InChI=1S/C13H21ClO3Si/c1-5-15-18(16-6-2,17-7-3)12-9-8-11(4)13(14)10-12/h8-10H,5-7H2,1-4H3. The summed E-state index contributed by atoms with van der Waals surface area (Å²) < 4.78 is 17.5. The van der Waals surface area contributed by atoms with E-state index >= 15 is 0 Å². The summed E-state index contributed by atoms with van der Waals surface area (Å²) in [5.74, 6) is 0. The van der Waals surface area contributed by atoms with Gasteiger partial charge in [0, 0.05) is 30.0 Å². The van der Waals surface area contributed by atoms with Crippen molar-refractivity contribution in [3.63, 3.8) is 0 Å². The van der Waals surface area contributed by atoms with Crippen LogP contribution >= 0.6 is 11.6 Å². The number of hydrogen-bond acceptors (Lipinski definition) is 3. The number of halogens is 1. The molecule has 0 aliphatic heterocycles. The van der Waals surface area contributed by atoms with Crippen molar-refractivity contribution in [2.24, 2.45) is 0 Å². The van der Waals surface area contributed by atoms with Crippen LogP contribution in [-0.4, -0.2) is 28.6 Å². The van der Waals surface area contributed by atoms with Gasteiger partial charge in [0.05, 0.1) is 0 Å². The summed E-state index contributed by atoms with van der Waals surface area (Å²) in [6.45, 7) is 9.45. The maximum Gasteiger partial charge on any atom is 0.537 e. The lowest BCUT2D eigenvalue weighted by Crippen LogP contribution is -2.56. The zero-order valence-electron chi connectivity index (χ0n) is 11.5. The molecule has 3 nitrogen and oxygen atoms in total.